The van der Waals surface area contributed by atoms with Crippen molar-refractivity contribution in [3.63, 3.8) is 0 Å². The number of nitrogens with one attached hydrogen (secondary N) is 2. The lowest BCUT2D eigenvalue weighted by atomic mass is 10.1. The molecule has 5 nitrogen and oxygen atoms in total. The van der Waals surface area contributed by atoms with E-state index in [1.54, 1.807) is 24.3 Å². The van der Waals surface area contributed by atoms with Gasteiger partial charge in [0.2, 0.25) is 11.8 Å². The van der Waals surface area contributed by atoms with Crippen molar-refractivity contribution in [2.45, 2.75) is 19.8 Å². The van der Waals surface area contributed by atoms with Crippen LogP contribution in [-0.4, -0.2) is 11.8 Å². The van der Waals surface area contributed by atoms with Gasteiger partial charge in [-0.05, 0) is 42.3 Å². The molecule has 0 aromatic heterocycles. The highest BCUT2D eigenvalue weighted by molar-refractivity contribution is 5.93. The van der Waals surface area contributed by atoms with Crippen molar-refractivity contribution in [1.29, 1.82) is 5.26 Å². The maximum absolute atomic E-state index is 13.5. The summed E-state index contributed by atoms with van der Waals surface area (Å²) < 4.78 is 13.5. The van der Waals surface area contributed by atoms with Gasteiger partial charge in [0.05, 0.1) is 17.3 Å². The summed E-state index contributed by atoms with van der Waals surface area (Å²) in [5.74, 6) is -1.18. The molecule has 0 saturated heterocycles. The molecule has 0 atom stereocenters. The van der Waals surface area contributed by atoms with Gasteiger partial charge in [-0.1, -0.05) is 12.1 Å². The summed E-state index contributed by atoms with van der Waals surface area (Å²) in [5, 5.41) is 13.8. The molecule has 0 aliphatic rings. The van der Waals surface area contributed by atoms with Gasteiger partial charge in [-0.15, -0.1) is 0 Å². The van der Waals surface area contributed by atoms with Crippen molar-refractivity contribution in [3.8, 4) is 6.07 Å². The molecule has 2 amide bonds. The van der Waals surface area contributed by atoms with E-state index in [1.807, 2.05) is 6.07 Å². The van der Waals surface area contributed by atoms with E-state index in [0.717, 1.165) is 5.56 Å². The van der Waals surface area contributed by atoms with Crippen LogP contribution in [0.25, 0.3) is 0 Å². The Bertz CT molecular complexity index is 795. The number of nitriles is 1. The Morgan fingerprint density at radius 2 is 1.83 bits per heavy atom. The van der Waals surface area contributed by atoms with Crippen LogP contribution in [0.3, 0.4) is 0 Å². The van der Waals surface area contributed by atoms with Crippen molar-refractivity contribution in [1.82, 2.24) is 0 Å². The first kappa shape index (κ1) is 17.2. The Kier molecular flexibility index (Phi) is 5.63. The number of carbonyl (C=O) groups excluding carboxylic acids is 2. The van der Waals surface area contributed by atoms with Crippen molar-refractivity contribution in [2.75, 3.05) is 10.6 Å². The Hall–Kier alpha value is -3.20. The molecule has 0 aliphatic carbocycles. The van der Waals surface area contributed by atoms with Gasteiger partial charge >= 0.3 is 0 Å². The zero-order chi connectivity index (χ0) is 17.5. The molecular weight excluding hydrogens is 309 g/mol. The van der Waals surface area contributed by atoms with E-state index in [9.17, 15) is 14.0 Å². The average molecular weight is 325 g/mol. The topological polar surface area (TPSA) is 82.0 Å². The summed E-state index contributed by atoms with van der Waals surface area (Å²) in [5.41, 5.74) is 1.94. The molecular formula is C18H16FN3O2. The fourth-order valence-electron chi connectivity index (χ4n) is 2.12. The minimum atomic E-state index is -0.569. The van der Waals surface area contributed by atoms with Crippen LogP contribution < -0.4 is 10.6 Å². The highest BCUT2D eigenvalue weighted by atomic mass is 19.1. The maximum Gasteiger partial charge on any atom is 0.224 e. The van der Waals surface area contributed by atoms with Crippen molar-refractivity contribution in [2.24, 2.45) is 0 Å². The number of aryl methyl sites for hydroxylation is 1. The van der Waals surface area contributed by atoms with Gasteiger partial charge in [-0.2, -0.15) is 5.26 Å². The molecule has 24 heavy (non-hydrogen) atoms. The standard InChI is InChI=1S/C18H16FN3O2/c1-12(23)21-17-10-15(7-8-16(17)19)22-18(24)9-6-13-2-4-14(11-20)5-3-13/h2-5,7-8,10H,6,9H2,1H3,(H,21,23)(H,22,24). The Morgan fingerprint density at radius 3 is 2.46 bits per heavy atom. The van der Waals surface area contributed by atoms with E-state index in [2.05, 4.69) is 10.6 Å². The minimum Gasteiger partial charge on any atom is -0.326 e. The number of amides is 2. The van der Waals surface area contributed by atoms with Gasteiger partial charge in [0.1, 0.15) is 5.82 Å². The van der Waals surface area contributed by atoms with Gasteiger partial charge in [0.15, 0.2) is 0 Å². The average Bonchev–Trinajstić information content (AvgIpc) is 2.56. The molecule has 0 aliphatic heterocycles. The maximum atomic E-state index is 13.5. The zero-order valence-electron chi connectivity index (χ0n) is 13.1. The van der Waals surface area contributed by atoms with Crippen molar-refractivity contribution in [3.05, 3.63) is 59.4 Å². The summed E-state index contributed by atoms with van der Waals surface area (Å²) in [6.07, 6.45) is 0.774. The second-order valence-electron chi connectivity index (χ2n) is 5.23. The monoisotopic (exact) mass is 325 g/mol. The van der Waals surface area contributed by atoms with Crippen LogP contribution in [0, 0.1) is 17.1 Å². The summed E-state index contributed by atoms with van der Waals surface area (Å²) >= 11 is 0. The molecule has 0 bridgehead atoms. The first-order valence-electron chi connectivity index (χ1n) is 7.34. The summed E-state index contributed by atoms with van der Waals surface area (Å²) in [6, 6.07) is 13.0. The van der Waals surface area contributed by atoms with Gasteiger partial charge < -0.3 is 10.6 Å². The third-order valence-electron chi connectivity index (χ3n) is 3.28. The van der Waals surface area contributed by atoms with E-state index < -0.39 is 11.7 Å². The molecule has 0 radical (unpaired) electrons. The number of hydrogen-bond donors (Lipinski definition) is 2. The number of halogens is 1. The lowest BCUT2D eigenvalue weighted by Gasteiger charge is -2.09. The minimum absolute atomic E-state index is 0.0207. The Morgan fingerprint density at radius 1 is 1.12 bits per heavy atom. The van der Waals surface area contributed by atoms with Gasteiger partial charge in [0.25, 0.3) is 0 Å². The van der Waals surface area contributed by atoms with E-state index in [1.165, 1.54) is 25.1 Å². The lowest BCUT2D eigenvalue weighted by Crippen LogP contribution is -2.13. The molecule has 0 spiro atoms. The highest BCUT2D eigenvalue weighted by Crippen LogP contribution is 2.20. The first-order chi connectivity index (χ1) is 11.5. The fraction of sp³-hybridized carbons (Fsp3) is 0.167. The molecule has 0 saturated carbocycles. The molecule has 2 aromatic rings. The fourth-order valence-corrected chi connectivity index (χ4v) is 2.12. The van der Waals surface area contributed by atoms with Crippen molar-refractivity contribution >= 4 is 23.2 Å². The van der Waals surface area contributed by atoms with Gasteiger partial charge in [-0.25, -0.2) is 4.39 Å². The predicted molar refractivity (Wildman–Crippen MR) is 88.8 cm³/mol. The van der Waals surface area contributed by atoms with E-state index in [4.69, 9.17) is 5.26 Å². The smallest absolute Gasteiger partial charge is 0.224 e. The molecule has 0 unspecified atom stereocenters. The molecule has 2 aromatic carbocycles. The van der Waals surface area contributed by atoms with Crippen LogP contribution in [-0.2, 0) is 16.0 Å². The SMILES string of the molecule is CC(=O)Nc1cc(NC(=O)CCc2ccc(C#N)cc2)ccc1F. The Labute approximate surface area is 139 Å². The lowest BCUT2D eigenvalue weighted by molar-refractivity contribution is -0.116. The van der Waals surface area contributed by atoms with Gasteiger partial charge in [0, 0.05) is 19.0 Å². The number of hydrogen-bond acceptors (Lipinski definition) is 3. The second-order valence-corrected chi connectivity index (χ2v) is 5.23. The third kappa shape index (κ3) is 4.92. The number of carbonyl (C=O) groups is 2. The normalized spacial score (nSPS) is 9.88. The molecule has 2 N–H and O–H groups in total. The molecule has 2 rings (SSSR count). The van der Waals surface area contributed by atoms with E-state index in [0.29, 0.717) is 17.7 Å². The second kappa shape index (κ2) is 7.88. The predicted octanol–water partition coefficient (Wildman–Crippen LogP) is 3.23. The highest BCUT2D eigenvalue weighted by Gasteiger charge is 2.08. The zero-order valence-corrected chi connectivity index (χ0v) is 13.1. The molecule has 122 valence electrons. The van der Waals surface area contributed by atoms with Crippen LogP contribution >= 0.6 is 0 Å². The molecule has 6 heteroatoms. The van der Waals surface area contributed by atoms with E-state index in [-0.39, 0.29) is 18.0 Å². The van der Waals surface area contributed by atoms with Gasteiger partial charge in [-0.3, -0.25) is 9.59 Å². The number of anilines is 2. The van der Waals surface area contributed by atoms with Crippen LogP contribution in [0.5, 0.6) is 0 Å². The van der Waals surface area contributed by atoms with Crippen LogP contribution in [0.15, 0.2) is 42.5 Å². The Balaban J connectivity index is 1.94. The van der Waals surface area contributed by atoms with Crippen LogP contribution in [0.1, 0.15) is 24.5 Å². The summed E-state index contributed by atoms with van der Waals surface area (Å²) in [7, 11) is 0. The van der Waals surface area contributed by atoms with E-state index >= 15 is 0 Å². The largest absolute Gasteiger partial charge is 0.326 e. The van der Waals surface area contributed by atoms with Crippen molar-refractivity contribution < 1.29 is 14.0 Å². The first-order valence-corrected chi connectivity index (χ1v) is 7.34. The summed E-state index contributed by atoms with van der Waals surface area (Å²) in [4.78, 5) is 23.0. The summed E-state index contributed by atoms with van der Waals surface area (Å²) in [6.45, 7) is 1.28. The van der Waals surface area contributed by atoms with Crippen LogP contribution in [0.4, 0.5) is 15.8 Å². The molecule has 0 fully saturated rings. The van der Waals surface area contributed by atoms with Crippen LogP contribution in [0.2, 0.25) is 0 Å². The number of benzene rings is 2. The quantitative estimate of drug-likeness (QED) is 0.885. The molecule has 0 heterocycles. The number of nitrogens with zero attached hydrogens (tertiary/aromatic N) is 1. The number of rotatable bonds is 5. The third-order valence-corrected chi connectivity index (χ3v) is 3.28.